The van der Waals surface area contributed by atoms with Crippen molar-refractivity contribution in [1.82, 2.24) is 0 Å². The molecule has 0 atom stereocenters. The Balaban J connectivity index is 2.14. The van der Waals surface area contributed by atoms with Crippen LogP contribution >= 0.6 is 0 Å². The molecule has 0 saturated heterocycles. The van der Waals surface area contributed by atoms with Gasteiger partial charge in [0.1, 0.15) is 0 Å². The summed E-state index contributed by atoms with van der Waals surface area (Å²) in [7, 11) is 3.85. The summed E-state index contributed by atoms with van der Waals surface area (Å²) < 4.78 is 12.5. The van der Waals surface area contributed by atoms with Crippen molar-refractivity contribution in [3.05, 3.63) is 0 Å². The number of ether oxygens (including phenoxy) is 2. The molecule has 0 aliphatic heterocycles. The van der Waals surface area contributed by atoms with Crippen molar-refractivity contribution in [3.63, 3.8) is 0 Å². The van der Waals surface area contributed by atoms with Gasteiger partial charge in [-0.3, -0.25) is 0 Å². The van der Waals surface area contributed by atoms with E-state index < -0.39 is 0 Å². The van der Waals surface area contributed by atoms with Crippen molar-refractivity contribution < 1.29 is 9.47 Å². The first-order chi connectivity index (χ1) is 11.0. The SMILES string of the molecule is COC1(C2(OC)CCC(C(C)(C)C)CC2)CCC(C(C)(C)C)CC1. The molecule has 0 radical (unpaired) electrons. The predicted molar refractivity (Wildman–Crippen MR) is 102 cm³/mol. The normalized spacial score (nSPS) is 39.0. The molecule has 2 nitrogen and oxygen atoms in total. The Kier molecular flexibility index (Phi) is 5.83. The molecule has 24 heavy (non-hydrogen) atoms. The highest BCUT2D eigenvalue weighted by molar-refractivity contribution is 5.07. The zero-order valence-electron chi connectivity index (χ0n) is 17.6. The highest BCUT2D eigenvalue weighted by Crippen LogP contribution is 2.54. The van der Waals surface area contributed by atoms with Crippen molar-refractivity contribution >= 4 is 0 Å². The van der Waals surface area contributed by atoms with Crippen molar-refractivity contribution in [2.75, 3.05) is 14.2 Å². The van der Waals surface area contributed by atoms with Crippen molar-refractivity contribution in [2.45, 2.75) is 104 Å². The Morgan fingerprint density at radius 1 is 0.583 bits per heavy atom. The summed E-state index contributed by atoms with van der Waals surface area (Å²) in [6, 6.07) is 0. The summed E-state index contributed by atoms with van der Waals surface area (Å²) in [6.07, 6.45) is 9.68. The number of rotatable bonds is 3. The maximum absolute atomic E-state index is 6.27. The highest BCUT2D eigenvalue weighted by Gasteiger charge is 2.56. The second kappa shape index (κ2) is 6.91. The molecule has 2 aliphatic carbocycles. The molecule has 142 valence electrons. The summed E-state index contributed by atoms with van der Waals surface area (Å²) in [4.78, 5) is 0. The van der Waals surface area contributed by atoms with Gasteiger partial charge in [0.15, 0.2) is 0 Å². The van der Waals surface area contributed by atoms with E-state index in [4.69, 9.17) is 9.47 Å². The van der Waals surface area contributed by atoms with Crippen LogP contribution < -0.4 is 0 Å². The molecule has 2 fully saturated rings. The van der Waals surface area contributed by atoms with Crippen LogP contribution in [0.5, 0.6) is 0 Å². The molecule has 2 aliphatic rings. The number of hydrogen-bond donors (Lipinski definition) is 0. The van der Waals surface area contributed by atoms with Crippen LogP contribution in [0.2, 0.25) is 0 Å². The predicted octanol–water partition coefficient (Wildman–Crippen LogP) is 6.23. The molecule has 0 N–H and O–H groups in total. The average molecular weight is 339 g/mol. The van der Waals surface area contributed by atoms with E-state index >= 15 is 0 Å². The molecule has 2 heteroatoms. The largest absolute Gasteiger partial charge is 0.375 e. The minimum atomic E-state index is -0.0770. The van der Waals surface area contributed by atoms with E-state index in [-0.39, 0.29) is 11.2 Å². The van der Waals surface area contributed by atoms with Gasteiger partial charge >= 0.3 is 0 Å². The van der Waals surface area contributed by atoms with Gasteiger partial charge in [-0.1, -0.05) is 41.5 Å². The molecule has 0 heterocycles. The second-order valence-corrected chi connectivity index (χ2v) is 10.7. The number of methoxy groups -OCH3 is 2. The van der Waals surface area contributed by atoms with E-state index in [1.54, 1.807) is 0 Å². The molecule has 0 aromatic heterocycles. The van der Waals surface area contributed by atoms with E-state index in [1.807, 2.05) is 14.2 Å². The van der Waals surface area contributed by atoms with Gasteiger partial charge in [0.05, 0.1) is 11.2 Å². The smallest absolute Gasteiger partial charge is 0.0967 e. The maximum Gasteiger partial charge on any atom is 0.0967 e. The van der Waals surface area contributed by atoms with Crippen molar-refractivity contribution in [1.29, 1.82) is 0 Å². The maximum atomic E-state index is 6.27. The molecule has 0 bridgehead atoms. The van der Waals surface area contributed by atoms with Gasteiger partial charge in [0, 0.05) is 14.2 Å². The fraction of sp³-hybridized carbons (Fsp3) is 1.00. The average Bonchev–Trinajstić information content (AvgIpc) is 2.53. The fourth-order valence-corrected chi connectivity index (χ4v) is 5.59. The summed E-state index contributed by atoms with van der Waals surface area (Å²) in [5.74, 6) is 1.61. The lowest BCUT2D eigenvalue weighted by molar-refractivity contribution is -0.224. The molecular formula is C22H42O2. The molecule has 2 rings (SSSR count). The minimum absolute atomic E-state index is 0.0770. The summed E-state index contributed by atoms with van der Waals surface area (Å²) in [5, 5.41) is 0. The lowest BCUT2D eigenvalue weighted by Crippen LogP contribution is -2.60. The second-order valence-electron chi connectivity index (χ2n) is 10.7. The standard InChI is InChI=1S/C22H42O2/c1-19(2,3)17-9-13-21(23-7,14-10-17)22(24-8)15-11-18(12-16-22)20(4,5)6/h17-18H,9-16H2,1-8H3. The lowest BCUT2D eigenvalue weighted by atomic mass is 9.58. The van der Waals surface area contributed by atoms with Gasteiger partial charge in [-0.2, -0.15) is 0 Å². The molecule has 2 saturated carbocycles. The first-order valence-electron chi connectivity index (χ1n) is 10.1. The van der Waals surface area contributed by atoms with E-state index in [1.165, 1.54) is 25.7 Å². The first kappa shape index (κ1) is 20.2. The van der Waals surface area contributed by atoms with Crippen molar-refractivity contribution in [3.8, 4) is 0 Å². The first-order valence-corrected chi connectivity index (χ1v) is 10.1. The topological polar surface area (TPSA) is 18.5 Å². The van der Waals surface area contributed by atoms with Gasteiger partial charge < -0.3 is 9.47 Å². The molecule has 0 unspecified atom stereocenters. The third-order valence-electron chi connectivity index (χ3n) is 7.65. The van der Waals surface area contributed by atoms with Gasteiger partial charge in [-0.15, -0.1) is 0 Å². The van der Waals surface area contributed by atoms with E-state index in [9.17, 15) is 0 Å². The monoisotopic (exact) mass is 338 g/mol. The van der Waals surface area contributed by atoms with E-state index in [0.717, 1.165) is 37.5 Å². The Morgan fingerprint density at radius 3 is 1.00 bits per heavy atom. The zero-order valence-corrected chi connectivity index (χ0v) is 17.6. The molecule has 0 aromatic carbocycles. The van der Waals surface area contributed by atoms with Gasteiger partial charge in [0.25, 0.3) is 0 Å². The van der Waals surface area contributed by atoms with Crippen LogP contribution in [0.25, 0.3) is 0 Å². The van der Waals surface area contributed by atoms with Crippen LogP contribution in [0.1, 0.15) is 92.9 Å². The molecule has 0 spiro atoms. The van der Waals surface area contributed by atoms with E-state index in [2.05, 4.69) is 41.5 Å². The number of hydrogen-bond acceptors (Lipinski definition) is 2. The Labute approximate surface area is 151 Å². The Morgan fingerprint density at radius 2 is 0.833 bits per heavy atom. The lowest BCUT2D eigenvalue weighted by Gasteiger charge is -2.56. The Bertz CT molecular complexity index is 357. The fourth-order valence-electron chi connectivity index (χ4n) is 5.59. The van der Waals surface area contributed by atoms with Crippen LogP contribution in [0.15, 0.2) is 0 Å². The van der Waals surface area contributed by atoms with E-state index in [0.29, 0.717) is 10.8 Å². The highest BCUT2D eigenvalue weighted by atomic mass is 16.5. The third-order valence-corrected chi connectivity index (χ3v) is 7.65. The van der Waals surface area contributed by atoms with Crippen LogP contribution in [-0.2, 0) is 9.47 Å². The molecular weight excluding hydrogens is 296 g/mol. The quantitative estimate of drug-likeness (QED) is 0.607. The van der Waals surface area contributed by atoms with Crippen molar-refractivity contribution in [2.24, 2.45) is 22.7 Å². The molecule has 0 aromatic rings. The Hall–Kier alpha value is -0.0800. The van der Waals surface area contributed by atoms with Crippen LogP contribution in [0, 0.1) is 22.7 Å². The molecule has 0 amide bonds. The van der Waals surface area contributed by atoms with Gasteiger partial charge in [-0.25, -0.2) is 0 Å². The minimum Gasteiger partial charge on any atom is -0.375 e. The third kappa shape index (κ3) is 3.70. The summed E-state index contributed by atoms with van der Waals surface area (Å²) >= 11 is 0. The summed E-state index contributed by atoms with van der Waals surface area (Å²) in [6.45, 7) is 14.3. The van der Waals surface area contributed by atoms with Crippen LogP contribution in [-0.4, -0.2) is 25.4 Å². The van der Waals surface area contributed by atoms with Gasteiger partial charge in [-0.05, 0) is 74.0 Å². The van der Waals surface area contributed by atoms with Crippen LogP contribution in [0.4, 0.5) is 0 Å². The van der Waals surface area contributed by atoms with Gasteiger partial charge in [0.2, 0.25) is 0 Å². The van der Waals surface area contributed by atoms with Crippen LogP contribution in [0.3, 0.4) is 0 Å². The summed E-state index contributed by atoms with van der Waals surface area (Å²) in [5.41, 5.74) is 0.659. The zero-order chi connectivity index (χ0) is 18.2.